The topological polar surface area (TPSA) is 105 Å². The third-order valence-corrected chi connectivity index (χ3v) is 6.09. The van der Waals surface area contributed by atoms with Crippen LogP contribution in [0, 0.1) is 19.7 Å². The molecule has 0 radical (unpaired) electrons. The van der Waals surface area contributed by atoms with Crippen molar-refractivity contribution in [1.82, 2.24) is 5.32 Å². The van der Waals surface area contributed by atoms with Crippen LogP contribution in [-0.2, 0) is 14.4 Å². The molecule has 0 spiro atoms. The average molecular weight is 556 g/mol. The van der Waals surface area contributed by atoms with Gasteiger partial charge in [-0.1, -0.05) is 35.3 Å². The second-order valence-corrected chi connectivity index (χ2v) is 9.22. The van der Waals surface area contributed by atoms with Crippen molar-refractivity contribution in [2.75, 3.05) is 16.8 Å². The molecule has 194 valence electrons. The summed E-state index contributed by atoms with van der Waals surface area (Å²) in [6.07, 6.45) is 1.20. The zero-order valence-electron chi connectivity index (χ0n) is 20.1. The summed E-state index contributed by atoms with van der Waals surface area (Å²) in [5.41, 5.74) is 2.49. The van der Waals surface area contributed by atoms with Crippen molar-refractivity contribution in [3.8, 4) is 5.75 Å². The van der Waals surface area contributed by atoms with Crippen LogP contribution in [0.5, 0.6) is 5.75 Å². The van der Waals surface area contributed by atoms with Gasteiger partial charge in [-0.3, -0.25) is 19.7 Å². The Hall–Kier alpha value is -4.21. The Balaban J connectivity index is 1.52. The number of rotatable bonds is 6. The molecule has 1 aliphatic rings. The lowest BCUT2D eigenvalue weighted by atomic mass is 10.1. The van der Waals surface area contributed by atoms with Crippen LogP contribution in [0.25, 0.3) is 6.08 Å². The molecule has 0 bridgehead atoms. The quantitative estimate of drug-likeness (QED) is 0.311. The fraction of sp³-hybridized carbons (Fsp3) is 0.111. The number of imide groups is 2. The first-order valence-corrected chi connectivity index (χ1v) is 11.9. The van der Waals surface area contributed by atoms with E-state index in [0.29, 0.717) is 10.6 Å². The first-order chi connectivity index (χ1) is 18.0. The van der Waals surface area contributed by atoms with Crippen molar-refractivity contribution < 1.29 is 28.3 Å². The minimum absolute atomic E-state index is 0.0269. The van der Waals surface area contributed by atoms with E-state index in [-0.39, 0.29) is 39.2 Å². The van der Waals surface area contributed by atoms with Gasteiger partial charge >= 0.3 is 6.03 Å². The van der Waals surface area contributed by atoms with Crippen molar-refractivity contribution in [3.63, 3.8) is 0 Å². The summed E-state index contributed by atoms with van der Waals surface area (Å²) in [6.45, 7) is 3.40. The number of nitrogens with zero attached hydrogens (tertiary/aromatic N) is 1. The minimum Gasteiger partial charge on any atom is -0.481 e. The highest BCUT2D eigenvalue weighted by Crippen LogP contribution is 2.35. The number of halogens is 3. The molecule has 0 atom stereocenters. The molecule has 1 saturated heterocycles. The molecule has 0 unspecified atom stereocenters. The Labute approximate surface area is 227 Å². The highest BCUT2D eigenvalue weighted by Gasteiger charge is 2.36. The summed E-state index contributed by atoms with van der Waals surface area (Å²) in [6, 6.07) is 12.1. The maximum Gasteiger partial charge on any atom is 0.335 e. The summed E-state index contributed by atoms with van der Waals surface area (Å²) < 4.78 is 18.8. The Morgan fingerprint density at radius 1 is 1.03 bits per heavy atom. The molecule has 5 amide bonds. The highest BCUT2D eigenvalue weighted by molar-refractivity contribution is 6.40. The van der Waals surface area contributed by atoms with E-state index < -0.39 is 29.6 Å². The molecule has 3 aromatic rings. The molecular weight excluding hydrogens is 536 g/mol. The highest BCUT2D eigenvalue weighted by atomic mass is 35.5. The number of ether oxygens (including phenoxy) is 1. The third-order valence-electron chi connectivity index (χ3n) is 5.53. The lowest BCUT2D eigenvalue weighted by Gasteiger charge is -2.26. The van der Waals surface area contributed by atoms with E-state index in [1.165, 1.54) is 30.3 Å². The van der Waals surface area contributed by atoms with Gasteiger partial charge < -0.3 is 10.1 Å². The van der Waals surface area contributed by atoms with Gasteiger partial charge in [0.1, 0.15) is 11.4 Å². The summed E-state index contributed by atoms with van der Waals surface area (Å²) in [4.78, 5) is 50.8. The van der Waals surface area contributed by atoms with Crippen LogP contribution in [0.15, 0.2) is 60.2 Å². The number of barbiturate groups is 1. The van der Waals surface area contributed by atoms with Crippen LogP contribution < -0.4 is 20.3 Å². The van der Waals surface area contributed by atoms with E-state index >= 15 is 0 Å². The Morgan fingerprint density at radius 3 is 2.34 bits per heavy atom. The maximum absolute atomic E-state index is 13.3. The fourth-order valence-electron chi connectivity index (χ4n) is 3.64. The molecule has 38 heavy (non-hydrogen) atoms. The molecule has 0 aromatic heterocycles. The van der Waals surface area contributed by atoms with Crippen molar-refractivity contribution in [2.24, 2.45) is 0 Å². The van der Waals surface area contributed by atoms with Gasteiger partial charge in [0, 0.05) is 5.69 Å². The molecule has 1 fully saturated rings. The number of amides is 5. The summed E-state index contributed by atoms with van der Waals surface area (Å²) >= 11 is 12.6. The fourth-order valence-corrected chi connectivity index (χ4v) is 4.26. The Morgan fingerprint density at radius 2 is 1.68 bits per heavy atom. The average Bonchev–Trinajstić information content (AvgIpc) is 2.84. The molecule has 1 aliphatic heterocycles. The monoisotopic (exact) mass is 555 g/mol. The zero-order valence-corrected chi connectivity index (χ0v) is 21.6. The second kappa shape index (κ2) is 11.0. The van der Waals surface area contributed by atoms with Gasteiger partial charge in [-0.2, -0.15) is 0 Å². The molecule has 4 rings (SSSR count). The Kier molecular flexibility index (Phi) is 7.80. The second-order valence-electron chi connectivity index (χ2n) is 8.40. The van der Waals surface area contributed by atoms with Crippen LogP contribution in [0.3, 0.4) is 0 Å². The zero-order chi connectivity index (χ0) is 27.6. The molecule has 3 aromatic carbocycles. The van der Waals surface area contributed by atoms with Gasteiger partial charge in [-0.25, -0.2) is 14.1 Å². The van der Waals surface area contributed by atoms with E-state index in [2.05, 4.69) is 10.6 Å². The molecular formula is C27H20Cl2FN3O5. The predicted octanol–water partition coefficient (Wildman–Crippen LogP) is 5.43. The lowest BCUT2D eigenvalue weighted by Crippen LogP contribution is -2.54. The molecule has 1 heterocycles. The number of carbonyl (C=O) groups excluding carboxylic acids is 4. The van der Waals surface area contributed by atoms with E-state index in [1.807, 2.05) is 32.0 Å². The van der Waals surface area contributed by atoms with E-state index in [4.69, 9.17) is 27.9 Å². The van der Waals surface area contributed by atoms with E-state index in [1.54, 1.807) is 0 Å². The number of aryl methyl sites for hydroxylation is 2. The van der Waals surface area contributed by atoms with Gasteiger partial charge in [0.2, 0.25) is 0 Å². The standard InChI is InChI=1S/C27H20Cl2FN3O5/c1-14-3-4-15(2)22(9-14)31-23(34)13-38-24-20(28)11-16(12-21(24)29)10-19-25(35)32-27(37)33(26(19)36)18-7-5-17(30)6-8-18/h3-12H,13H2,1-2H3,(H,31,34)(H,32,35,37)/b19-10+. The van der Waals surface area contributed by atoms with Crippen molar-refractivity contribution in [3.05, 3.63) is 92.7 Å². The minimum atomic E-state index is -0.970. The number of hydrogen-bond acceptors (Lipinski definition) is 5. The largest absolute Gasteiger partial charge is 0.481 e. The van der Waals surface area contributed by atoms with Gasteiger partial charge in [-0.15, -0.1) is 0 Å². The predicted molar refractivity (Wildman–Crippen MR) is 142 cm³/mol. The Bertz CT molecular complexity index is 1480. The van der Waals surface area contributed by atoms with E-state index in [9.17, 15) is 23.6 Å². The van der Waals surface area contributed by atoms with Crippen LogP contribution in [0.4, 0.5) is 20.6 Å². The SMILES string of the molecule is Cc1ccc(C)c(NC(=O)COc2c(Cl)cc(/C=C3\C(=O)NC(=O)N(c4ccc(F)cc4)C3=O)cc2Cl)c1. The van der Waals surface area contributed by atoms with Gasteiger partial charge in [0.05, 0.1) is 15.7 Å². The van der Waals surface area contributed by atoms with Crippen molar-refractivity contribution in [2.45, 2.75) is 13.8 Å². The number of hydrogen-bond donors (Lipinski definition) is 2. The van der Waals surface area contributed by atoms with Gasteiger partial charge in [0.25, 0.3) is 17.7 Å². The van der Waals surface area contributed by atoms with Gasteiger partial charge in [-0.05, 0) is 79.1 Å². The summed E-state index contributed by atoms with van der Waals surface area (Å²) in [5, 5.41) is 4.89. The van der Waals surface area contributed by atoms with Crippen LogP contribution in [-0.4, -0.2) is 30.4 Å². The smallest absolute Gasteiger partial charge is 0.335 e. The number of anilines is 2. The van der Waals surface area contributed by atoms with Crippen LogP contribution in [0.2, 0.25) is 10.0 Å². The summed E-state index contributed by atoms with van der Waals surface area (Å²) in [7, 11) is 0. The number of nitrogens with one attached hydrogen (secondary N) is 2. The normalized spacial score (nSPS) is 14.5. The number of carbonyl (C=O) groups is 4. The maximum atomic E-state index is 13.3. The summed E-state index contributed by atoms with van der Waals surface area (Å²) in [5.74, 6) is -2.78. The molecule has 2 N–H and O–H groups in total. The molecule has 0 saturated carbocycles. The van der Waals surface area contributed by atoms with Crippen LogP contribution in [0.1, 0.15) is 16.7 Å². The third kappa shape index (κ3) is 5.85. The molecule has 0 aliphatic carbocycles. The van der Waals surface area contributed by atoms with Crippen LogP contribution >= 0.6 is 23.2 Å². The van der Waals surface area contributed by atoms with Gasteiger partial charge in [0.15, 0.2) is 12.4 Å². The lowest BCUT2D eigenvalue weighted by molar-refractivity contribution is -0.122. The molecule has 8 nitrogen and oxygen atoms in total. The molecule has 11 heteroatoms. The van der Waals surface area contributed by atoms with Crippen molar-refractivity contribution >= 4 is 64.4 Å². The first kappa shape index (κ1) is 26.8. The van der Waals surface area contributed by atoms with Crippen molar-refractivity contribution in [1.29, 1.82) is 0 Å². The number of benzene rings is 3. The van der Waals surface area contributed by atoms with E-state index in [0.717, 1.165) is 23.3 Å². The first-order valence-electron chi connectivity index (χ1n) is 11.2. The number of urea groups is 1.